The third-order valence-corrected chi connectivity index (χ3v) is 5.24. The number of hydrogen-bond donors (Lipinski definition) is 2. The molecule has 0 aromatic rings. The summed E-state index contributed by atoms with van der Waals surface area (Å²) in [5.74, 6) is -0.585. The second kappa shape index (κ2) is 6.08. The molecule has 1 unspecified atom stereocenters. The fraction of sp³-hybridized carbons (Fsp3) is 0.789. The van der Waals surface area contributed by atoms with E-state index in [1.807, 2.05) is 41.5 Å². The van der Waals surface area contributed by atoms with Gasteiger partial charge in [0.25, 0.3) is 0 Å². The number of carbonyl (C=O) groups is 2. The Labute approximate surface area is 144 Å². The predicted octanol–water partition coefficient (Wildman–Crippen LogP) is 3.84. The number of carbonyl (C=O) groups excluding carboxylic acids is 1. The monoisotopic (exact) mass is 337 g/mol. The normalized spacial score (nSPS) is 30.2. The van der Waals surface area contributed by atoms with E-state index in [1.54, 1.807) is 0 Å². The summed E-state index contributed by atoms with van der Waals surface area (Å²) in [6.45, 7) is 11.7. The standard InChI is InChI=1S/C19H31NO4/c1-17(2,3)14(15(21)22)19(10-12-8-7-9-13(12)19)11-20-16(23)24-18(4,5)6/h7,9,12-14H,8,10-11H2,1-6H3,(H,20,23)(H,21,22)/t12-,13-,14?,19-/m1/s1. The summed E-state index contributed by atoms with van der Waals surface area (Å²) >= 11 is 0. The lowest BCUT2D eigenvalue weighted by Crippen LogP contribution is -2.61. The first kappa shape index (κ1) is 18.8. The van der Waals surface area contributed by atoms with Crippen molar-refractivity contribution in [1.29, 1.82) is 0 Å². The number of nitrogens with one attached hydrogen (secondary N) is 1. The summed E-state index contributed by atoms with van der Waals surface area (Å²) in [7, 11) is 0. The molecule has 5 heteroatoms. The average molecular weight is 337 g/mol. The van der Waals surface area contributed by atoms with Gasteiger partial charge in [-0.15, -0.1) is 0 Å². The van der Waals surface area contributed by atoms with Gasteiger partial charge in [0.05, 0.1) is 5.92 Å². The molecule has 0 radical (unpaired) electrons. The van der Waals surface area contributed by atoms with Gasteiger partial charge in [-0.05, 0) is 50.9 Å². The zero-order chi connectivity index (χ0) is 18.3. The summed E-state index contributed by atoms with van der Waals surface area (Å²) in [5.41, 5.74) is -1.40. The molecule has 136 valence electrons. The molecular formula is C19H31NO4. The van der Waals surface area contributed by atoms with Gasteiger partial charge in [-0.2, -0.15) is 0 Å². The van der Waals surface area contributed by atoms with E-state index >= 15 is 0 Å². The molecule has 2 aliphatic carbocycles. The van der Waals surface area contributed by atoms with E-state index < -0.39 is 29.0 Å². The lowest BCUT2D eigenvalue weighted by Gasteiger charge is -2.58. The van der Waals surface area contributed by atoms with Crippen molar-refractivity contribution in [2.45, 2.75) is 60.0 Å². The molecule has 4 atom stereocenters. The van der Waals surface area contributed by atoms with Crippen LogP contribution >= 0.6 is 0 Å². The van der Waals surface area contributed by atoms with Crippen molar-refractivity contribution in [3.63, 3.8) is 0 Å². The molecule has 0 aromatic carbocycles. The Morgan fingerprint density at radius 3 is 2.38 bits per heavy atom. The zero-order valence-electron chi connectivity index (χ0n) is 15.7. The molecule has 0 heterocycles. The van der Waals surface area contributed by atoms with Crippen LogP contribution < -0.4 is 5.32 Å². The highest BCUT2D eigenvalue weighted by atomic mass is 16.6. The Bertz CT molecular complexity index is 541. The maximum atomic E-state index is 12.1. The molecule has 2 N–H and O–H groups in total. The third kappa shape index (κ3) is 3.60. The lowest BCUT2D eigenvalue weighted by atomic mass is 9.46. The first-order chi connectivity index (χ1) is 10.9. The molecule has 0 aromatic heterocycles. The van der Waals surface area contributed by atoms with Crippen molar-refractivity contribution in [3.05, 3.63) is 12.2 Å². The Morgan fingerprint density at radius 2 is 1.92 bits per heavy atom. The van der Waals surface area contributed by atoms with E-state index in [0.29, 0.717) is 12.5 Å². The van der Waals surface area contributed by atoms with Crippen LogP contribution in [0.3, 0.4) is 0 Å². The van der Waals surface area contributed by atoms with Crippen LogP contribution in [0.2, 0.25) is 0 Å². The van der Waals surface area contributed by atoms with Gasteiger partial charge >= 0.3 is 12.1 Å². The minimum atomic E-state index is -0.785. The van der Waals surface area contributed by atoms with Crippen molar-refractivity contribution < 1.29 is 19.4 Å². The number of aliphatic carboxylic acids is 1. The molecule has 0 spiro atoms. The Hall–Kier alpha value is -1.52. The minimum absolute atomic E-state index is 0.216. The van der Waals surface area contributed by atoms with Gasteiger partial charge in [0.15, 0.2) is 0 Å². The van der Waals surface area contributed by atoms with Crippen molar-refractivity contribution in [2.75, 3.05) is 6.54 Å². The average Bonchev–Trinajstić information content (AvgIpc) is 2.72. The van der Waals surface area contributed by atoms with E-state index in [2.05, 4.69) is 17.5 Å². The molecule has 2 aliphatic rings. The zero-order valence-corrected chi connectivity index (χ0v) is 15.7. The Balaban J connectivity index is 2.21. The van der Waals surface area contributed by atoms with E-state index in [0.717, 1.165) is 12.8 Å². The Morgan fingerprint density at radius 1 is 1.29 bits per heavy atom. The number of fused-ring (bicyclic) bond motifs is 1. The fourth-order valence-electron chi connectivity index (χ4n) is 4.67. The molecular weight excluding hydrogens is 306 g/mol. The smallest absolute Gasteiger partial charge is 0.407 e. The van der Waals surface area contributed by atoms with Gasteiger partial charge in [-0.1, -0.05) is 32.9 Å². The van der Waals surface area contributed by atoms with Crippen molar-refractivity contribution in [1.82, 2.24) is 5.32 Å². The second-order valence-corrected chi connectivity index (χ2v) is 9.38. The van der Waals surface area contributed by atoms with Gasteiger partial charge < -0.3 is 15.2 Å². The van der Waals surface area contributed by atoms with Crippen molar-refractivity contribution >= 4 is 12.1 Å². The molecule has 0 bridgehead atoms. The second-order valence-electron chi connectivity index (χ2n) is 9.38. The number of carboxylic acids is 1. The van der Waals surface area contributed by atoms with E-state index in [1.165, 1.54) is 0 Å². The van der Waals surface area contributed by atoms with Crippen LogP contribution in [-0.2, 0) is 9.53 Å². The van der Waals surface area contributed by atoms with Crippen LogP contribution in [0, 0.1) is 28.6 Å². The summed E-state index contributed by atoms with van der Waals surface area (Å²) in [6.07, 6.45) is 5.65. The lowest BCUT2D eigenvalue weighted by molar-refractivity contribution is -0.167. The molecule has 1 amide bonds. The summed E-state index contributed by atoms with van der Waals surface area (Å²) in [5, 5.41) is 12.8. The van der Waals surface area contributed by atoms with Crippen LogP contribution in [0.15, 0.2) is 12.2 Å². The van der Waals surface area contributed by atoms with E-state index in [-0.39, 0.29) is 11.3 Å². The predicted molar refractivity (Wildman–Crippen MR) is 92.6 cm³/mol. The van der Waals surface area contributed by atoms with Crippen molar-refractivity contribution in [3.8, 4) is 0 Å². The quantitative estimate of drug-likeness (QED) is 0.764. The van der Waals surface area contributed by atoms with Crippen molar-refractivity contribution in [2.24, 2.45) is 28.6 Å². The van der Waals surface area contributed by atoms with E-state index in [4.69, 9.17) is 4.74 Å². The highest BCUT2D eigenvalue weighted by Gasteiger charge is 2.62. The minimum Gasteiger partial charge on any atom is -0.481 e. The molecule has 1 saturated carbocycles. The molecule has 5 nitrogen and oxygen atoms in total. The van der Waals surface area contributed by atoms with Gasteiger partial charge in [-0.25, -0.2) is 4.79 Å². The van der Waals surface area contributed by atoms with Crippen LogP contribution in [0.25, 0.3) is 0 Å². The fourth-order valence-corrected chi connectivity index (χ4v) is 4.67. The number of carboxylic acid groups (broad SMARTS) is 1. The molecule has 2 rings (SSSR count). The van der Waals surface area contributed by atoms with Gasteiger partial charge in [0, 0.05) is 12.0 Å². The number of alkyl carbamates (subject to hydrolysis) is 1. The summed E-state index contributed by atoms with van der Waals surface area (Å²) < 4.78 is 5.32. The van der Waals surface area contributed by atoms with Crippen LogP contribution in [-0.4, -0.2) is 29.3 Å². The maximum absolute atomic E-state index is 12.1. The summed E-state index contributed by atoms with van der Waals surface area (Å²) in [4.78, 5) is 24.2. The van der Waals surface area contributed by atoms with Crippen LogP contribution in [0.5, 0.6) is 0 Å². The largest absolute Gasteiger partial charge is 0.481 e. The first-order valence-corrected chi connectivity index (χ1v) is 8.73. The summed E-state index contributed by atoms with van der Waals surface area (Å²) in [6, 6.07) is 0. The number of amides is 1. The van der Waals surface area contributed by atoms with Gasteiger partial charge in [0.1, 0.15) is 5.60 Å². The van der Waals surface area contributed by atoms with Crippen LogP contribution in [0.1, 0.15) is 54.4 Å². The first-order valence-electron chi connectivity index (χ1n) is 8.73. The van der Waals surface area contributed by atoms with Gasteiger partial charge in [-0.3, -0.25) is 4.79 Å². The van der Waals surface area contributed by atoms with Gasteiger partial charge in [0.2, 0.25) is 0 Å². The number of hydrogen-bond acceptors (Lipinski definition) is 3. The number of allylic oxidation sites excluding steroid dienone is 2. The molecule has 0 aliphatic heterocycles. The highest BCUT2D eigenvalue weighted by molar-refractivity contribution is 5.73. The third-order valence-electron chi connectivity index (χ3n) is 5.24. The highest BCUT2D eigenvalue weighted by Crippen LogP contribution is 2.63. The molecule has 1 fully saturated rings. The van der Waals surface area contributed by atoms with Crippen LogP contribution in [0.4, 0.5) is 4.79 Å². The van der Waals surface area contributed by atoms with E-state index in [9.17, 15) is 14.7 Å². The number of rotatable bonds is 4. The topological polar surface area (TPSA) is 75.6 Å². The maximum Gasteiger partial charge on any atom is 0.407 e. The Kier molecular flexibility index (Phi) is 4.77. The SMILES string of the molecule is CC(C)(C)OC(=O)NC[C@]1(C(C(=O)O)C(C)(C)C)C[C@H]2CC=C[C@H]21. The molecule has 24 heavy (non-hydrogen) atoms. The molecule has 0 saturated heterocycles. The number of ether oxygens (including phenoxy) is 1.